The molecule has 1 heterocycles. The fourth-order valence-electron chi connectivity index (χ4n) is 2.29. The SMILES string of the molecule is COc1ccc(NC(=O)C2CCOC2C)cc1S(N)(=O)=O. The summed E-state index contributed by atoms with van der Waals surface area (Å²) in [6.45, 7) is 2.38. The molecular formula is C13H18N2O5S. The summed E-state index contributed by atoms with van der Waals surface area (Å²) in [4.78, 5) is 12.0. The predicted molar refractivity (Wildman–Crippen MR) is 76.5 cm³/mol. The maximum Gasteiger partial charge on any atom is 0.241 e. The molecule has 21 heavy (non-hydrogen) atoms. The van der Waals surface area contributed by atoms with Crippen LogP contribution in [0.4, 0.5) is 5.69 Å². The Balaban J connectivity index is 2.23. The van der Waals surface area contributed by atoms with Crippen LogP contribution in [0.3, 0.4) is 0 Å². The highest BCUT2D eigenvalue weighted by molar-refractivity contribution is 7.89. The first-order valence-electron chi connectivity index (χ1n) is 6.46. The van der Waals surface area contributed by atoms with Crippen LogP contribution in [-0.2, 0) is 19.6 Å². The predicted octanol–water partition coefficient (Wildman–Crippen LogP) is 0.706. The van der Waals surface area contributed by atoms with E-state index in [1.807, 2.05) is 6.92 Å². The van der Waals surface area contributed by atoms with Gasteiger partial charge in [-0.3, -0.25) is 4.79 Å². The molecule has 0 bridgehead atoms. The highest BCUT2D eigenvalue weighted by atomic mass is 32.2. The lowest BCUT2D eigenvalue weighted by Gasteiger charge is -2.15. The van der Waals surface area contributed by atoms with E-state index in [4.69, 9.17) is 14.6 Å². The monoisotopic (exact) mass is 314 g/mol. The van der Waals surface area contributed by atoms with Crippen LogP contribution in [0.2, 0.25) is 0 Å². The molecule has 0 radical (unpaired) electrons. The van der Waals surface area contributed by atoms with E-state index < -0.39 is 10.0 Å². The minimum Gasteiger partial charge on any atom is -0.495 e. The first-order valence-corrected chi connectivity index (χ1v) is 8.01. The summed E-state index contributed by atoms with van der Waals surface area (Å²) in [6.07, 6.45) is 0.492. The maximum atomic E-state index is 12.1. The largest absolute Gasteiger partial charge is 0.495 e. The van der Waals surface area contributed by atoms with E-state index in [1.165, 1.54) is 19.2 Å². The highest BCUT2D eigenvalue weighted by Gasteiger charge is 2.31. The van der Waals surface area contributed by atoms with Gasteiger partial charge in [-0.2, -0.15) is 0 Å². The summed E-state index contributed by atoms with van der Waals surface area (Å²) in [5.74, 6) is -0.316. The van der Waals surface area contributed by atoms with E-state index >= 15 is 0 Å². The number of primary sulfonamides is 1. The molecule has 0 saturated carbocycles. The van der Waals surface area contributed by atoms with Crippen molar-refractivity contribution in [2.75, 3.05) is 19.0 Å². The highest BCUT2D eigenvalue weighted by Crippen LogP contribution is 2.27. The van der Waals surface area contributed by atoms with Gasteiger partial charge in [0.1, 0.15) is 10.6 Å². The first kappa shape index (κ1) is 15.7. The quantitative estimate of drug-likeness (QED) is 0.851. The van der Waals surface area contributed by atoms with Crippen molar-refractivity contribution in [1.29, 1.82) is 0 Å². The minimum absolute atomic E-state index is 0.132. The molecule has 2 rings (SSSR count). The molecule has 1 amide bonds. The Kier molecular flexibility index (Phi) is 4.50. The molecule has 8 heteroatoms. The Bertz CT molecular complexity index is 644. The molecule has 1 aromatic rings. The Morgan fingerprint density at radius 2 is 2.19 bits per heavy atom. The van der Waals surface area contributed by atoms with Crippen LogP contribution in [0, 0.1) is 5.92 Å². The Morgan fingerprint density at radius 3 is 2.71 bits per heavy atom. The average Bonchev–Trinajstić information content (AvgIpc) is 2.84. The van der Waals surface area contributed by atoms with Crippen molar-refractivity contribution in [3.63, 3.8) is 0 Å². The standard InChI is InChI=1S/C13H18N2O5S/c1-8-10(5-6-20-8)13(16)15-9-3-4-11(19-2)12(7-9)21(14,17)18/h3-4,7-8,10H,5-6H2,1-2H3,(H,15,16)(H2,14,17,18). The summed E-state index contributed by atoms with van der Waals surface area (Å²) < 4.78 is 33.3. The van der Waals surface area contributed by atoms with Crippen molar-refractivity contribution in [3.05, 3.63) is 18.2 Å². The van der Waals surface area contributed by atoms with Crippen LogP contribution in [0.15, 0.2) is 23.1 Å². The second kappa shape index (κ2) is 6.00. The van der Waals surface area contributed by atoms with Crippen molar-refractivity contribution in [1.82, 2.24) is 0 Å². The number of benzene rings is 1. The van der Waals surface area contributed by atoms with Gasteiger partial charge in [-0.05, 0) is 31.5 Å². The first-order chi connectivity index (χ1) is 9.82. The summed E-state index contributed by atoms with van der Waals surface area (Å²) in [7, 11) is -2.59. The minimum atomic E-state index is -3.93. The fourth-order valence-corrected chi connectivity index (χ4v) is 3.01. The molecule has 116 valence electrons. The van der Waals surface area contributed by atoms with Gasteiger partial charge in [0.15, 0.2) is 0 Å². The van der Waals surface area contributed by atoms with Crippen LogP contribution < -0.4 is 15.2 Å². The Labute approximate surface area is 123 Å². The zero-order valence-electron chi connectivity index (χ0n) is 11.8. The molecule has 1 fully saturated rings. The number of sulfonamides is 1. The normalized spacial score (nSPS) is 22.0. The number of methoxy groups -OCH3 is 1. The van der Waals surface area contributed by atoms with Crippen LogP contribution in [-0.4, -0.2) is 34.1 Å². The zero-order chi connectivity index (χ0) is 15.6. The summed E-state index contributed by atoms with van der Waals surface area (Å²) in [6, 6.07) is 4.29. The Hall–Kier alpha value is -1.64. The third-order valence-electron chi connectivity index (χ3n) is 3.45. The number of ether oxygens (including phenoxy) is 2. The van der Waals surface area contributed by atoms with E-state index in [9.17, 15) is 13.2 Å². The summed E-state index contributed by atoms with van der Waals surface area (Å²) in [5.41, 5.74) is 0.351. The van der Waals surface area contributed by atoms with E-state index in [2.05, 4.69) is 5.32 Å². The number of anilines is 1. The molecule has 1 aliphatic rings. The number of carbonyl (C=O) groups is 1. The Morgan fingerprint density at radius 1 is 1.48 bits per heavy atom. The maximum absolute atomic E-state index is 12.1. The van der Waals surface area contributed by atoms with E-state index in [-0.39, 0.29) is 28.6 Å². The van der Waals surface area contributed by atoms with Crippen molar-refractivity contribution in [2.24, 2.45) is 11.1 Å². The van der Waals surface area contributed by atoms with Crippen LogP contribution >= 0.6 is 0 Å². The van der Waals surface area contributed by atoms with Gasteiger partial charge < -0.3 is 14.8 Å². The van der Waals surface area contributed by atoms with E-state index in [0.717, 1.165) is 0 Å². The fraction of sp³-hybridized carbons (Fsp3) is 0.462. The number of amides is 1. The van der Waals surface area contributed by atoms with Gasteiger partial charge in [0, 0.05) is 12.3 Å². The van der Waals surface area contributed by atoms with Gasteiger partial charge in [0.05, 0.1) is 19.1 Å². The second-order valence-electron chi connectivity index (χ2n) is 4.87. The van der Waals surface area contributed by atoms with Gasteiger partial charge >= 0.3 is 0 Å². The van der Waals surface area contributed by atoms with Crippen LogP contribution in [0.25, 0.3) is 0 Å². The molecule has 0 aromatic heterocycles. The van der Waals surface area contributed by atoms with Gasteiger partial charge in [0.2, 0.25) is 15.9 Å². The number of rotatable bonds is 4. The van der Waals surface area contributed by atoms with Gasteiger partial charge in [0.25, 0.3) is 0 Å². The number of nitrogens with one attached hydrogen (secondary N) is 1. The van der Waals surface area contributed by atoms with Gasteiger partial charge in [-0.15, -0.1) is 0 Å². The second-order valence-corrected chi connectivity index (χ2v) is 6.40. The van der Waals surface area contributed by atoms with Crippen molar-refractivity contribution in [2.45, 2.75) is 24.3 Å². The van der Waals surface area contributed by atoms with Crippen LogP contribution in [0.1, 0.15) is 13.3 Å². The summed E-state index contributed by atoms with van der Waals surface area (Å²) in [5, 5.41) is 7.82. The third kappa shape index (κ3) is 3.52. The van der Waals surface area contributed by atoms with Crippen molar-refractivity contribution in [3.8, 4) is 5.75 Å². The van der Waals surface area contributed by atoms with E-state index in [0.29, 0.717) is 18.7 Å². The molecule has 1 saturated heterocycles. The lowest BCUT2D eigenvalue weighted by atomic mass is 10.0. The van der Waals surface area contributed by atoms with Crippen molar-refractivity contribution >= 4 is 21.6 Å². The molecule has 3 N–H and O–H groups in total. The molecule has 2 atom stereocenters. The molecular weight excluding hydrogens is 296 g/mol. The molecule has 0 aliphatic carbocycles. The average molecular weight is 314 g/mol. The molecule has 7 nitrogen and oxygen atoms in total. The molecule has 0 spiro atoms. The lowest BCUT2D eigenvalue weighted by molar-refractivity contribution is -0.121. The number of nitrogens with two attached hydrogens (primary N) is 1. The molecule has 1 aliphatic heterocycles. The lowest BCUT2D eigenvalue weighted by Crippen LogP contribution is -2.27. The zero-order valence-corrected chi connectivity index (χ0v) is 12.6. The summed E-state index contributed by atoms with van der Waals surface area (Å²) >= 11 is 0. The topological polar surface area (TPSA) is 108 Å². The van der Waals surface area contributed by atoms with Gasteiger partial charge in [-0.1, -0.05) is 0 Å². The molecule has 2 unspecified atom stereocenters. The van der Waals surface area contributed by atoms with Crippen molar-refractivity contribution < 1.29 is 22.7 Å². The van der Waals surface area contributed by atoms with Crippen LogP contribution in [0.5, 0.6) is 5.75 Å². The number of hydrogen-bond acceptors (Lipinski definition) is 5. The number of hydrogen-bond donors (Lipinski definition) is 2. The smallest absolute Gasteiger partial charge is 0.241 e. The van der Waals surface area contributed by atoms with Gasteiger partial charge in [-0.25, -0.2) is 13.6 Å². The molecule has 1 aromatic carbocycles. The third-order valence-corrected chi connectivity index (χ3v) is 4.38. The number of carbonyl (C=O) groups excluding carboxylic acids is 1. The van der Waals surface area contributed by atoms with E-state index in [1.54, 1.807) is 6.07 Å².